The lowest BCUT2D eigenvalue weighted by molar-refractivity contribution is 0.0950. The molecule has 6 rings (SSSR count). The lowest BCUT2D eigenvalue weighted by Crippen LogP contribution is -2.24. The molecule has 0 unspecified atom stereocenters. The van der Waals surface area contributed by atoms with Crippen molar-refractivity contribution in [3.05, 3.63) is 83.7 Å². The maximum Gasteiger partial charge on any atom is 0.255 e. The number of hydrogen-bond donors (Lipinski definition) is 2. The van der Waals surface area contributed by atoms with E-state index < -0.39 is 0 Å². The minimum Gasteiger partial charge on any atom is -0.454 e. The van der Waals surface area contributed by atoms with Crippen molar-refractivity contribution >= 4 is 28.5 Å². The molecule has 3 aromatic carbocycles. The number of aromatic nitrogens is 2. The van der Waals surface area contributed by atoms with Crippen LogP contribution in [0.25, 0.3) is 11.0 Å². The Morgan fingerprint density at radius 2 is 1.75 bits per heavy atom. The van der Waals surface area contributed by atoms with E-state index in [0.717, 1.165) is 23.9 Å². The summed E-state index contributed by atoms with van der Waals surface area (Å²) in [4.78, 5) is 30.9. The highest BCUT2D eigenvalue weighted by Crippen LogP contribution is 2.35. The Balaban J connectivity index is 1.31. The Morgan fingerprint density at radius 3 is 2.58 bits per heavy atom. The molecule has 1 saturated carbocycles. The van der Waals surface area contributed by atoms with Crippen LogP contribution in [-0.2, 0) is 6.54 Å². The van der Waals surface area contributed by atoms with Crippen molar-refractivity contribution in [3.8, 4) is 11.5 Å². The van der Waals surface area contributed by atoms with Crippen molar-refractivity contribution in [2.75, 3.05) is 12.1 Å². The fraction of sp³-hybridized carbons (Fsp3) is 0.250. The fourth-order valence-electron chi connectivity index (χ4n) is 5.00. The number of ether oxygens (including phenoxy) is 2. The highest BCUT2D eigenvalue weighted by atomic mass is 16.7. The van der Waals surface area contributed by atoms with Gasteiger partial charge in [0.25, 0.3) is 11.8 Å². The van der Waals surface area contributed by atoms with Crippen LogP contribution < -0.4 is 20.1 Å². The molecule has 182 valence electrons. The van der Waals surface area contributed by atoms with E-state index in [1.165, 1.54) is 12.8 Å². The van der Waals surface area contributed by atoms with Crippen LogP contribution in [0.2, 0.25) is 0 Å². The Kier molecular flexibility index (Phi) is 5.77. The normalized spacial score (nSPS) is 14.8. The second kappa shape index (κ2) is 9.37. The zero-order valence-corrected chi connectivity index (χ0v) is 19.7. The van der Waals surface area contributed by atoms with Crippen LogP contribution in [-0.4, -0.2) is 28.2 Å². The summed E-state index contributed by atoms with van der Waals surface area (Å²) in [6.45, 7) is 0.533. The van der Waals surface area contributed by atoms with Gasteiger partial charge in [-0.3, -0.25) is 9.59 Å². The van der Waals surface area contributed by atoms with E-state index >= 15 is 0 Å². The molecule has 8 nitrogen and oxygen atoms in total. The maximum absolute atomic E-state index is 13.5. The van der Waals surface area contributed by atoms with Crippen molar-refractivity contribution in [1.82, 2.24) is 14.9 Å². The summed E-state index contributed by atoms with van der Waals surface area (Å²) in [6.07, 6.45) is 6.28. The van der Waals surface area contributed by atoms with Gasteiger partial charge in [-0.05, 0) is 54.8 Å². The molecule has 1 aliphatic carbocycles. The monoisotopic (exact) mass is 482 g/mol. The van der Waals surface area contributed by atoms with Gasteiger partial charge in [0.15, 0.2) is 11.5 Å². The molecular formula is C28H26N4O4. The SMILES string of the molecule is O=C(Nc1cc(C(=O)NCc2ccc3c(c2)OCO3)c2c(c1)ncn2C1CCCC1)c1ccccc1. The Morgan fingerprint density at radius 1 is 0.944 bits per heavy atom. The van der Waals surface area contributed by atoms with Gasteiger partial charge in [0.1, 0.15) is 0 Å². The summed E-state index contributed by atoms with van der Waals surface area (Å²) >= 11 is 0. The third kappa shape index (κ3) is 4.26. The van der Waals surface area contributed by atoms with Crippen molar-refractivity contribution in [1.29, 1.82) is 0 Å². The zero-order valence-electron chi connectivity index (χ0n) is 19.7. The van der Waals surface area contributed by atoms with Crippen molar-refractivity contribution in [2.24, 2.45) is 0 Å². The van der Waals surface area contributed by atoms with Gasteiger partial charge in [-0.2, -0.15) is 0 Å². The second-order valence-electron chi connectivity index (χ2n) is 9.17. The van der Waals surface area contributed by atoms with Crippen LogP contribution in [0.1, 0.15) is 58.0 Å². The first kappa shape index (κ1) is 22.2. The molecule has 1 aromatic heterocycles. The molecule has 36 heavy (non-hydrogen) atoms. The van der Waals surface area contributed by atoms with Gasteiger partial charge in [0.2, 0.25) is 6.79 Å². The van der Waals surface area contributed by atoms with Gasteiger partial charge < -0.3 is 24.7 Å². The number of hydrogen-bond acceptors (Lipinski definition) is 5. The molecule has 0 spiro atoms. The molecule has 2 N–H and O–H groups in total. The van der Waals surface area contributed by atoms with Gasteiger partial charge in [-0.15, -0.1) is 0 Å². The van der Waals surface area contributed by atoms with E-state index in [-0.39, 0.29) is 18.6 Å². The van der Waals surface area contributed by atoms with Gasteiger partial charge in [0, 0.05) is 23.8 Å². The summed E-state index contributed by atoms with van der Waals surface area (Å²) in [5.74, 6) is 0.910. The van der Waals surface area contributed by atoms with Crippen LogP contribution in [0.4, 0.5) is 5.69 Å². The number of anilines is 1. The molecule has 0 radical (unpaired) electrons. The van der Waals surface area contributed by atoms with Crippen molar-refractivity contribution in [2.45, 2.75) is 38.3 Å². The van der Waals surface area contributed by atoms with E-state index in [0.29, 0.717) is 46.4 Å². The molecule has 0 saturated heterocycles. The largest absolute Gasteiger partial charge is 0.454 e. The Hall–Kier alpha value is -4.33. The molecule has 8 heteroatoms. The van der Waals surface area contributed by atoms with Gasteiger partial charge in [-0.25, -0.2) is 4.98 Å². The van der Waals surface area contributed by atoms with Crippen LogP contribution in [0.3, 0.4) is 0 Å². The number of carbonyl (C=O) groups is 2. The smallest absolute Gasteiger partial charge is 0.255 e. The average molecular weight is 483 g/mol. The molecule has 0 atom stereocenters. The summed E-state index contributed by atoms with van der Waals surface area (Å²) in [5.41, 5.74) is 3.94. The predicted octanol–water partition coefficient (Wildman–Crippen LogP) is 5.06. The highest BCUT2D eigenvalue weighted by Gasteiger charge is 2.24. The number of imidazole rings is 1. The van der Waals surface area contributed by atoms with Crippen molar-refractivity contribution in [3.63, 3.8) is 0 Å². The molecule has 4 aromatic rings. The van der Waals surface area contributed by atoms with Crippen LogP contribution in [0.5, 0.6) is 11.5 Å². The minimum atomic E-state index is -0.239. The second-order valence-corrected chi connectivity index (χ2v) is 9.17. The summed E-state index contributed by atoms with van der Waals surface area (Å²) in [7, 11) is 0. The van der Waals surface area contributed by atoms with Crippen LogP contribution in [0, 0.1) is 0 Å². The zero-order chi connectivity index (χ0) is 24.5. The van der Waals surface area contributed by atoms with E-state index in [1.807, 2.05) is 48.8 Å². The summed E-state index contributed by atoms with van der Waals surface area (Å²) in [6, 6.07) is 18.5. The van der Waals surface area contributed by atoms with Gasteiger partial charge in [0.05, 0.1) is 22.9 Å². The van der Waals surface area contributed by atoms with E-state index in [2.05, 4.69) is 20.2 Å². The van der Waals surface area contributed by atoms with Crippen LogP contribution >= 0.6 is 0 Å². The maximum atomic E-state index is 13.5. The Bertz CT molecular complexity index is 1440. The summed E-state index contributed by atoms with van der Waals surface area (Å²) in [5, 5.41) is 5.96. The topological polar surface area (TPSA) is 94.5 Å². The first-order valence-electron chi connectivity index (χ1n) is 12.2. The molecule has 1 fully saturated rings. The molecule has 1 aliphatic heterocycles. The van der Waals surface area contributed by atoms with Crippen LogP contribution in [0.15, 0.2) is 67.0 Å². The number of rotatable bonds is 6. The molecule has 2 heterocycles. The molecule has 0 bridgehead atoms. The Labute approximate surface area is 208 Å². The lowest BCUT2D eigenvalue weighted by Gasteiger charge is -2.16. The number of nitrogens with one attached hydrogen (secondary N) is 2. The van der Waals surface area contributed by atoms with E-state index in [9.17, 15) is 9.59 Å². The van der Waals surface area contributed by atoms with Crippen molar-refractivity contribution < 1.29 is 19.1 Å². The van der Waals surface area contributed by atoms with Gasteiger partial charge >= 0.3 is 0 Å². The highest BCUT2D eigenvalue weighted by molar-refractivity contribution is 6.09. The summed E-state index contributed by atoms with van der Waals surface area (Å²) < 4.78 is 13.0. The average Bonchev–Trinajstić information content (AvgIpc) is 3.67. The number of carbonyl (C=O) groups excluding carboxylic acids is 2. The predicted molar refractivity (Wildman–Crippen MR) is 135 cm³/mol. The quantitative estimate of drug-likeness (QED) is 0.401. The van der Waals surface area contributed by atoms with Gasteiger partial charge in [-0.1, -0.05) is 37.1 Å². The molecule has 2 aliphatic rings. The first-order valence-corrected chi connectivity index (χ1v) is 12.2. The third-order valence-corrected chi connectivity index (χ3v) is 6.82. The minimum absolute atomic E-state index is 0.204. The molecule has 2 amide bonds. The number of fused-ring (bicyclic) bond motifs is 2. The first-order chi connectivity index (χ1) is 17.7. The van der Waals surface area contributed by atoms with E-state index in [1.54, 1.807) is 18.2 Å². The number of amides is 2. The number of benzene rings is 3. The standard InChI is InChI=1S/C28H26N4O4/c33-27(19-6-2-1-3-7-19)31-20-13-22(26-23(14-20)30-16-32(26)21-8-4-5-9-21)28(34)29-15-18-10-11-24-25(12-18)36-17-35-24/h1-3,6-7,10-14,16,21H,4-5,8-9,15,17H2,(H,29,34)(H,31,33). The van der Waals surface area contributed by atoms with E-state index in [4.69, 9.17) is 9.47 Å². The number of nitrogens with zero attached hydrogens (tertiary/aromatic N) is 2. The fourth-order valence-corrected chi connectivity index (χ4v) is 5.00. The lowest BCUT2D eigenvalue weighted by atomic mass is 10.1. The third-order valence-electron chi connectivity index (χ3n) is 6.82. The molecular weight excluding hydrogens is 456 g/mol.